The molecule has 3 N–H and O–H groups in total. The van der Waals surface area contributed by atoms with E-state index >= 15 is 0 Å². The van der Waals surface area contributed by atoms with Gasteiger partial charge in [-0.3, -0.25) is 14.9 Å². The largest absolute Gasteiger partial charge is 0.494 e. The number of halogens is 1. The van der Waals surface area contributed by atoms with Crippen LogP contribution < -0.4 is 10.2 Å². The molecule has 138 valence electrons. The maximum absolute atomic E-state index is 13.9. The van der Waals surface area contributed by atoms with E-state index in [1.807, 2.05) is 0 Å². The molecule has 0 radical (unpaired) electrons. The highest BCUT2D eigenvalue weighted by Gasteiger charge is 2.14. The first-order valence-corrected chi connectivity index (χ1v) is 7.73. The Labute approximate surface area is 149 Å². The van der Waals surface area contributed by atoms with E-state index in [1.54, 1.807) is 28.6 Å². The molecule has 0 aliphatic heterocycles. The van der Waals surface area contributed by atoms with E-state index in [0.29, 0.717) is 11.1 Å². The van der Waals surface area contributed by atoms with Crippen molar-refractivity contribution < 1.29 is 29.0 Å². The van der Waals surface area contributed by atoms with Gasteiger partial charge in [0, 0.05) is 13.1 Å². The van der Waals surface area contributed by atoms with Crippen LogP contribution in [0.3, 0.4) is 0 Å². The second-order valence-corrected chi connectivity index (χ2v) is 5.65. The predicted molar refractivity (Wildman–Crippen MR) is 90.4 cm³/mol. The Morgan fingerprint density at radius 3 is 2.42 bits per heavy atom. The summed E-state index contributed by atoms with van der Waals surface area (Å²) in [5.41, 5.74) is 2.96. The Kier molecular flexibility index (Phi) is 6.65. The third kappa shape index (κ3) is 5.27. The third-order valence-electron chi connectivity index (χ3n) is 3.69. The summed E-state index contributed by atoms with van der Waals surface area (Å²) in [6, 6.07) is 10.8. The summed E-state index contributed by atoms with van der Waals surface area (Å²) in [6.07, 6.45) is 0. The molecule has 0 fully saturated rings. The number of carboxylic acids is 1. The number of methoxy groups -OCH3 is 1. The van der Waals surface area contributed by atoms with Gasteiger partial charge in [-0.1, -0.05) is 18.2 Å². The molecule has 0 saturated carbocycles. The fourth-order valence-electron chi connectivity index (χ4n) is 2.53. The van der Waals surface area contributed by atoms with Crippen molar-refractivity contribution in [1.29, 1.82) is 0 Å². The Bertz CT molecular complexity index is 797. The molecule has 26 heavy (non-hydrogen) atoms. The zero-order valence-corrected chi connectivity index (χ0v) is 14.1. The summed E-state index contributed by atoms with van der Waals surface area (Å²) < 4.78 is 18.7. The zero-order valence-electron chi connectivity index (χ0n) is 14.1. The standard InChI is InChI=1S/C18H19FN2O5/c1-26-16-6-5-13(8-15(16)19)10-21(11-17(22)20-25)9-12-3-2-4-14(7-12)18(23)24/h2-8,25H,9-11H2,1H3,(H,20,22)(H,23,24). The van der Waals surface area contributed by atoms with Crippen molar-refractivity contribution in [2.24, 2.45) is 0 Å². The summed E-state index contributed by atoms with van der Waals surface area (Å²) in [4.78, 5) is 24.3. The fraction of sp³-hybridized carbons (Fsp3) is 0.222. The number of nitrogens with one attached hydrogen (secondary N) is 1. The molecule has 2 aromatic carbocycles. The minimum atomic E-state index is -1.05. The Morgan fingerprint density at radius 1 is 1.15 bits per heavy atom. The number of hydrogen-bond donors (Lipinski definition) is 3. The first kappa shape index (κ1) is 19.4. The van der Waals surface area contributed by atoms with Gasteiger partial charge in [-0.05, 0) is 35.4 Å². The summed E-state index contributed by atoms with van der Waals surface area (Å²) in [6.45, 7) is 0.301. The van der Waals surface area contributed by atoms with Crippen LogP contribution in [0.2, 0.25) is 0 Å². The van der Waals surface area contributed by atoms with E-state index in [2.05, 4.69) is 0 Å². The highest BCUT2D eigenvalue weighted by Crippen LogP contribution is 2.19. The van der Waals surface area contributed by atoms with Crippen LogP contribution in [0.25, 0.3) is 0 Å². The molecule has 2 rings (SSSR count). The molecule has 0 aliphatic carbocycles. The molecule has 0 atom stereocenters. The van der Waals surface area contributed by atoms with Crippen LogP contribution in [-0.4, -0.2) is 40.7 Å². The van der Waals surface area contributed by atoms with E-state index in [-0.39, 0.29) is 30.9 Å². The van der Waals surface area contributed by atoms with Crippen molar-refractivity contribution in [2.45, 2.75) is 13.1 Å². The molecule has 7 nitrogen and oxygen atoms in total. The average Bonchev–Trinajstić information content (AvgIpc) is 2.62. The highest BCUT2D eigenvalue weighted by molar-refractivity contribution is 5.87. The van der Waals surface area contributed by atoms with Gasteiger partial charge in [0.1, 0.15) is 0 Å². The Balaban J connectivity index is 2.20. The number of aromatic carboxylic acids is 1. The maximum Gasteiger partial charge on any atom is 0.335 e. The lowest BCUT2D eigenvalue weighted by molar-refractivity contribution is -0.130. The predicted octanol–water partition coefficient (Wildman–Crippen LogP) is 2.04. The van der Waals surface area contributed by atoms with E-state index in [9.17, 15) is 14.0 Å². The van der Waals surface area contributed by atoms with Crippen molar-refractivity contribution >= 4 is 11.9 Å². The molecule has 0 bridgehead atoms. The topological polar surface area (TPSA) is 99.1 Å². The van der Waals surface area contributed by atoms with Crippen molar-refractivity contribution in [2.75, 3.05) is 13.7 Å². The molecule has 1 amide bonds. The highest BCUT2D eigenvalue weighted by atomic mass is 19.1. The number of carbonyl (C=O) groups is 2. The lowest BCUT2D eigenvalue weighted by atomic mass is 10.1. The summed E-state index contributed by atoms with van der Waals surface area (Å²) in [7, 11) is 1.37. The molecule has 0 saturated heterocycles. The van der Waals surface area contributed by atoms with Gasteiger partial charge in [0.2, 0.25) is 0 Å². The third-order valence-corrected chi connectivity index (χ3v) is 3.69. The summed E-state index contributed by atoms with van der Waals surface area (Å²) in [5, 5.41) is 17.8. The normalized spacial score (nSPS) is 10.6. The van der Waals surface area contributed by atoms with Gasteiger partial charge in [-0.2, -0.15) is 0 Å². The van der Waals surface area contributed by atoms with Crippen molar-refractivity contribution in [3.63, 3.8) is 0 Å². The Hall–Kier alpha value is -2.97. The lowest BCUT2D eigenvalue weighted by Gasteiger charge is -2.22. The summed E-state index contributed by atoms with van der Waals surface area (Å²) in [5.74, 6) is -2.09. The van der Waals surface area contributed by atoms with Crippen LogP contribution >= 0.6 is 0 Å². The number of carboxylic acid groups (broad SMARTS) is 1. The molecule has 0 aliphatic rings. The number of hydroxylamine groups is 1. The van der Waals surface area contributed by atoms with Crippen LogP contribution in [0.1, 0.15) is 21.5 Å². The van der Waals surface area contributed by atoms with Gasteiger partial charge < -0.3 is 9.84 Å². The number of hydrogen-bond acceptors (Lipinski definition) is 5. The number of amides is 1. The number of benzene rings is 2. The van der Waals surface area contributed by atoms with Crippen molar-refractivity contribution in [1.82, 2.24) is 10.4 Å². The van der Waals surface area contributed by atoms with E-state index in [0.717, 1.165) is 0 Å². The minimum Gasteiger partial charge on any atom is -0.494 e. The van der Waals surface area contributed by atoms with E-state index in [1.165, 1.54) is 31.4 Å². The molecule has 0 spiro atoms. The quantitative estimate of drug-likeness (QED) is 0.491. The molecule has 0 heterocycles. The number of rotatable bonds is 8. The second kappa shape index (κ2) is 8.93. The van der Waals surface area contributed by atoms with Crippen molar-refractivity contribution in [3.05, 3.63) is 65.0 Å². The van der Waals surface area contributed by atoms with Crippen LogP contribution in [-0.2, 0) is 17.9 Å². The average molecular weight is 362 g/mol. The first-order chi connectivity index (χ1) is 12.4. The SMILES string of the molecule is COc1ccc(CN(CC(=O)NO)Cc2cccc(C(=O)O)c2)cc1F. The lowest BCUT2D eigenvalue weighted by Crippen LogP contribution is -2.35. The second-order valence-electron chi connectivity index (χ2n) is 5.65. The molecule has 0 aromatic heterocycles. The monoisotopic (exact) mass is 362 g/mol. The van der Waals surface area contributed by atoms with Crippen LogP contribution in [0.4, 0.5) is 4.39 Å². The van der Waals surface area contributed by atoms with Gasteiger partial charge >= 0.3 is 5.97 Å². The van der Waals surface area contributed by atoms with Gasteiger partial charge in [-0.25, -0.2) is 14.7 Å². The summed E-state index contributed by atoms with van der Waals surface area (Å²) >= 11 is 0. The zero-order chi connectivity index (χ0) is 19.1. The van der Waals surface area contributed by atoms with Gasteiger partial charge in [0.15, 0.2) is 11.6 Å². The van der Waals surface area contributed by atoms with Gasteiger partial charge in [-0.15, -0.1) is 0 Å². The fourth-order valence-corrected chi connectivity index (χ4v) is 2.53. The van der Waals surface area contributed by atoms with E-state index in [4.69, 9.17) is 15.1 Å². The van der Waals surface area contributed by atoms with Crippen LogP contribution in [0.15, 0.2) is 42.5 Å². The molecule has 8 heteroatoms. The molecular formula is C18H19FN2O5. The van der Waals surface area contributed by atoms with Crippen LogP contribution in [0, 0.1) is 5.82 Å². The molecule has 0 unspecified atom stereocenters. The molecule has 2 aromatic rings. The van der Waals surface area contributed by atoms with Gasteiger partial charge in [0.25, 0.3) is 5.91 Å². The number of carbonyl (C=O) groups excluding carboxylic acids is 1. The van der Waals surface area contributed by atoms with Gasteiger partial charge in [0.05, 0.1) is 19.2 Å². The van der Waals surface area contributed by atoms with Crippen LogP contribution in [0.5, 0.6) is 5.75 Å². The number of ether oxygens (including phenoxy) is 1. The first-order valence-electron chi connectivity index (χ1n) is 7.73. The number of nitrogens with zero attached hydrogens (tertiary/aromatic N) is 1. The Morgan fingerprint density at radius 2 is 1.85 bits per heavy atom. The molecular weight excluding hydrogens is 343 g/mol. The smallest absolute Gasteiger partial charge is 0.335 e. The minimum absolute atomic E-state index is 0.113. The van der Waals surface area contributed by atoms with E-state index < -0.39 is 17.7 Å². The maximum atomic E-state index is 13.9. The van der Waals surface area contributed by atoms with Crippen molar-refractivity contribution in [3.8, 4) is 5.75 Å².